The predicted molar refractivity (Wildman–Crippen MR) is 87.8 cm³/mol. The van der Waals surface area contributed by atoms with Crippen molar-refractivity contribution in [2.45, 2.75) is 38.6 Å². The Morgan fingerprint density at radius 2 is 2.12 bits per heavy atom. The Morgan fingerprint density at radius 3 is 3.00 bits per heavy atom. The van der Waals surface area contributed by atoms with Gasteiger partial charge in [-0.2, -0.15) is 0 Å². The van der Waals surface area contributed by atoms with Crippen molar-refractivity contribution in [1.82, 2.24) is 14.8 Å². The summed E-state index contributed by atoms with van der Waals surface area (Å²) in [4.78, 5) is 4.15. The van der Waals surface area contributed by atoms with Crippen LogP contribution >= 0.6 is 0 Å². The molecule has 3 rings (SSSR count). The van der Waals surface area contributed by atoms with Crippen LogP contribution in [0.4, 0.5) is 14.5 Å². The molecule has 1 aromatic carbocycles. The van der Waals surface area contributed by atoms with E-state index in [2.05, 4.69) is 25.1 Å². The molecule has 0 atom stereocenters. The molecule has 2 heterocycles. The molecule has 0 unspecified atom stereocenters. The summed E-state index contributed by atoms with van der Waals surface area (Å²) in [6.07, 6.45) is 5.03. The van der Waals surface area contributed by atoms with E-state index in [4.69, 9.17) is 5.73 Å². The van der Waals surface area contributed by atoms with E-state index in [1.165, 1.54) is 6.42 Å². The fourth-order valence-corrected chi connectivity index (χ4v) is 2.78. The molecular weight excluding hydrogens is 314 g/mol. The predicted octanol–water partition coefficient (Wildman–Crippen LogP) is 2.25. The van der Waals surface area contributed by atoms with E-state index >= 15 is 0 Å². The minimum Gasteiger partial charge on any atom is -0.370 e. The van der Waals surface area contributed by atoms with Crippen LogP contribution in [0.25, 0.3) is 0 Å². The lowest BCUT2D eigenvalue weighted by Crippen LogP contribution is -2.24. The lowest BCUT2D eigenvalue weighted by molar-refractivity contribution is 0.603. The molecule has 0 bridgehead atoms. The van der Waals surface area contributed by atoms with Crippen LogP contribution in [0.2, 0.25) is 0 Å². The number of benzene rings is 1. The minimum atomic E-state index is -0.586. The van der Waals surface area contributed by atoms with Crippen LogP contribution in [0.15, 0.2) is 23.2 Å². The molecule has 2 aromatic rings. The number of aryl methyl sites for hydroxylation is 1. The Labute approximate surface area is 138 Å². The van der Waals surface area contributed by atoms with Crippen molar-refractivity contribution >= 4 is 11.6 Å². The average molecular weight is 334 g/mol. The number of fused-ring (bicyclic) bond motifs is 1. The van der Waals surface area contributed by atoms with E-state index in [0.717, 1.165) is 55.7 Å². The van der Waals surface area contributed by atoms with E-state index in [-0.39, 0.29) is 11.6 Å². The van der Waals surface area contributed by atoms with Crippen molar-refractivity contribution in [2.75, 3.05) is 11.9 Å². The zero-order valence-electron chi connectivity index (χ0n) is 13.3. The third-order valence-electron chi connectivity index (χ3n) is 3.99. The Morgan fingerprint density at radius 1 is 1.25 bits per heavy atom. The van der Waals surface area contributed by atoms with Crippen molar-refractivity contribution in [3.05, 3.63) is 41.5 Å². The Kier molecular flexibility index (Phi) is 5.02. The van der Waals surface area contributed by atoms with E-state index in [0.29, 0.717) is 13.0 Å². The van der Waals surface area contributed by atoms with Crippen molar-refractivity contribution in [2.24, 2.45) is 10.7 Å². The number of halogens is 2. The number of rotatable bonds is 4. The van der Waals surface area contributed by atoms with E-state index in [1.54, 1.807) is 0 Å². The number of guanidine groups is 1. The van der Waals surface area contributed by atoms with Crippen molar-refractivity contribution in [3.63, 3.8) is 0 Å². The average Bonchev–Trinajstić information content (AvgIpc) is 2.78. The highest BCUT2D eigenvalue weighted by Gasteiger charge is 2.14. The summed E-state index contributed by atoms with van der Waals surface area (Å²) in [6, 6.07) is 3.12. The van der Waals surface area contributed by atoms with Gasteiger partial charge in [0.1, 0.15) is 23.3 Å². The molecule has 0 radical (unpaired) electrons. The van der Waals surface area contributed by atoms with Gasteiger partial charge in [0.05, 0.1) is 5.69 Å². The molecule has 0 aliphatic carbocycles. The standard InChI is InChI=1S/C16H20F2N6/c17-11-5-6-12(18)13(10-11)21-16(19)20-8-7-15-23-22-14-4-2-1-3-9-24(14)15/h5-6,10H,1-4,7-9H2,(H3,19,20,21). The molecular formula is C16H20F2N6. The molecule has 0 amide bonds. The van der Waals surface area contributed by atoms with Gasteiger partial charge in [-0.1, -0.05) is 6.42 Å². The maximum Gasteiger partial charge on any atom is 0.193 e. The number of nitrogens with two attached hydrogens (primary N) is 1. The highest BCUT2D eigenvalue weighted by molar-refractivity contribution is 5.92. The second kappa shape index (κ2) is 7.37. The van der Waals surface area contributed by atoms with Crippen molar-refractivity contribution in [1.29, 1.82) is 0 Å². The molecule has 24 heavy (non-hydrogen) atoms. The highest BCUT2D eigenvalue weighted by Crippen LogP contribution is 2.16. The second-order valence-electron chi connectivity index (χ2n) is 5.76. The van der Waals surface area contributed by atoms with Gasteiger partial charge in [-0.05, 0) is 25.0 Å². The number of hydrogen-bond acceptors (Lipinski definition) is 3. The van der Waals surface area contributed by atoms with Gasteiger partial charge in [-0.3, -0.25) is 4.99 Å². The van der Waals surface area contributed by atoms with E-state index in [1.807, 2.05) is 0 Å². The van der Waals surface area contributed by atoms with Crippen molar-refractivity contribution in [3.8, 4) is 0 Å². The van der Waals surface area contributed by atoms with Crippen LogP contribution in [0.1, 0.15) is 30.9 Å². The number of nitrogens with one attached hydrogen (secondary N) is 1. The quantitative estimate of drug-likeness (QED) is 0.664. The van der Waals surface area contributed by atoms with Crippen LogP contribution in [0, 0.1) is 11.6 Å². The van der Waals surface area contributed by atoms with Crippen LogP contribution in [0.5, 0.6) is 0 Å². The SMILES string of the molecule is NC(=NCCc1nnc2n1CCCCC2)Nc1cc(F)ccc1F. The number of aliphatic imine (C=N–C) groups is 1. The van der Waals surface area contributed by atoms with E-state index in [9.17, 15) is 8.78 Å². The molecule has 0 fully saturated rings. The Bertz CT molecular complexity index is 740. The smallest absolute Gasteiger partial charge is 0.193 e. The summed E-state index contributed by atoms with van der Waals surface area (Å²) in [5.41, 5.74) is 5.70. The number of hydrogen-bond donors (Lipinski definition) is 2. The molecule has 1 aliphatic heterocycles. The first kappa shape index (κ1) is 16.4. The van der Waals surface area contributed by atoms with Gasteiger partial charge in [0.2, 0.25) is 0 Å². The molecule has 1 aromatic heterocycles. The zero-order valence-corrected chi connectivity index (χ0v) is 13.3. The van der Waals surface area contributed by atoms with Gasteiger partial charge in [0, 0.05) is 32.0 Å². The summed E-state index contributed by atoms with van der Waals surface area (Å²) in [5.74, 6) is 0.824. The largest absolute Gasteiger partial charge is 0.370 e. The van der Waals surface area contributed by atoms with Gasteiger partial charge in [0.15, 0.2) is 5.96 Å². The lowest BCUT2D eigenvalue weighted by Gasteiger charge is -2.08. The first-order chi connectivity index (χ1) is 11.6. The molecule has 3 N–H and O–H groups in total. The second-order valence-corrected chi connectivity index (χ2v) is 5.76. The summed E-state index contributed by atoms with van der Waals surface area (Å²) >= 11 is 0. The fraction of sp³-hybridized carbons (Fsp3) is 0.438. The summed E-state index contributed by atoms with van der Waals surface area (Å²) < 4.78 is 28.8. The molecule has 0 saturated carbocycles. The van der Waals surface area contributed by atoms with Gasteiger partial charge in [-0.15, -0.1) is 10.2 Å². The maximum atomic E-state index is 13.5. The maximum absolute atomic E-state index is 13.5. The zero-order chi connectivity index (χ0) is 16.9. The summed E-state index contributed by atoms with van der Waals surface area (Å²) in [6.45, 7) is 1.33. The minimum absolute atomic E-state index is 0.0346. The first-order valence-corrected chi connectivity index (χ1v) is 8.06. The van der Waals surface area contributed by atoms with Crippen LogP contribution in [0.3, 0.4) is 0 Å². The van der Waals surface area contributed by atoms with Crippen LogP contribution < -0.4 is 11.1 Å². The molecule has 0 saturated heterocycles. The van der Waals surface area contributed by atoms with Gasteiger partial charge >= 0.3 is 0 Å². The fourth-order valence-electron chi connectivity index (χ4n) is 2.78. The number of anilines is 1. The van der Waals surface area contributed by atoms with Gasteiger partial charge in [-0.25, -0.2) is 8.78 Å². The van der Waals surface area contributed by atoms with Crippen molar-refractivity contribution < 1.29 is 8.78 Å². The monoisotopic (exact) mass is 334 g/mol. The van der Waals surface area contributed by atoms with Crippen LogP contribution in [-0.4, -0.2) is 27.3 Å². The Balaban J connectivity index is 1.60. The summed E-state index contributed by atoms with van der Waals surface area (Å²) in [5, 5.41) is 11.0. The number of aromatic nitrogens is 3. The third kappa shape index (κ3) is 3.87. The summed E-state index contributed by atoms with van der Waals surface area (Å²) in [7, 11) is 0. The molecule has 0 spiro atoms. The van der Waals surface area contributed by atoms with E-state index < -0.39 is 11.6 Å². The first-order valence-electron chi connectivity index (χ1n) is 8.06. The van der Waals surface area contributed by atoms with Crippen LogP contribution in [-0.2, 0) is 19.4 Å². The molecule has 8 heteroatoms. The lowest BCUT2D eigenvalue weighted by atomic mass is 10.2. The Hall–Kier alpha value is -2.51. The third-order valence-corrected chi connectivity index (χ3v) is 3.99. The number of nitrogens with zero attached hydrogens (tertiary/aromatic N) is 4. The molecule has 128 valence electrons. The normalized spacial score (nSPS) is 15.0. The topological polar surface area (TPSA) is 81.1 Å². The molecule has 6 nitrogen and oxygen atoms in total. The van der Waals surface area contributed by atoms with Gasteiger partial charge in [0.25, 0.3) is 0 Å². The molecule has 1 aliphatic rings. The highest BCUT2D eigenvalue weighted by atomic mass is 19.1. The van der Waals surface area contributed by atoms with Gasteiger partial charge < -0.3 is 15.6 Å².